The second-order valence-electron chi connectivity index (χ2n) is 3.77. The van der Waals surface area contributed by atoms with Crippen molar-refractivity contribution in [3.63, 3.8) is 0 Å². The second kappa shape index (κ2) is 4.29. The molecule has 17 heavy (non-hydrogen) atoms. The van der Waals surface area contributed by atoms with Crippen molar-refractivity contribution in [1.29, 1.82) is 0 Å². The van der Waals surface area contributed by atoms with Gasteiger partial charge in [-0.2, -0.15) is 0 Å². The van der Waals surface area contributed by atoms with Gasteiger partial charge >= 0.3 is 5.97 Å². The number of hydrogen-bond donors (Lipinski definition) is 3. The van der Waals surface area contributed by atoms with Gasteiger partial charge in [-0.15, -0.1) is 0 Å². The van der Waals surface area contributed by atoms with E-state index < -0.39 is 17.4 Å². The first-order chi connectivity index (χ1) is 8.09. The molecule has 0 aromatic heterocycles. The number of aliphatic hydroxyl groups is 1. The number of carboxylic acid groups (broad SMARTS) is 1. The molecule has 1 aliphatic heterocycles. The zero-order valence-electron chi connectivity index (χ0n) is 8.88. The summed E-state index contributed by atoms with van der Waals surface area (Å²) in [6.07, 6.45) is 0.0946. The van der Waals surface area contributed by atoms with Gasteiger partial charge < -0.3 is 15.5 Å². The monoisotopic (exact) mass is 233 g/mol. The Hall–Kier alpha value is -2.30. The summed E-state index contributed by atoms with van der Waals surface area (Å²) >= 11 is 0. The van der Waals surface area contributed by atoms with Crippen LogP contribution in [0.2, 0.25) is 0 Å². The molecule has 0 unspecified atom stereocenters. The molecule has 1 amide bonds. The van der Waals surface area contributed by atoms with Gasteiger partial charge in [0.05, 0.1) is 6.04 Å². The third-order valence-corrected chi connectivity index (χ3v) is 2.63. The first kappa shape index (κ1) is 11.2. The Bertz CT molecular complexity index is 492. The Morgan fingerprint density at radius 3 is 2.47 bits per heavy atom. The lowest BCUT2D eigenvalue weighted by Gasteiger charge is -2.24. The summed E-state index contributed by atoms with van der Waals surface area (Å²) < 4.78 is 0. The van der Waals surface area contributed by atoms with Crippen LogP contribution in [0.1, 0.15) is 18.0 Å². The van der Waals surface area contributed by atoms with Crippen LogP contribution in [0.25, 0.3) is 0 Å². The van der Waals surface area contributed by atoms with E-state index in [9.17, 15) is 14.7 Å². The van der Waals surface area contributed by atoms with Crippen LogP contribution >= 0.6 is 0 Å². The van der Waals surface area contributed by atoms with Crippen LogP contribution in [-0.2, 0) is 9.59 Å². The van der Waals surface area contributed by atoms with E-state index in [4.69, 9.17) is 5.11 Å². The Kier molecular flexibility index (Phi) is 2.82. The van der Waals surface area contributed by atoms with Crippen LogP contribution in [0.4, 0.5) is 0 Å². The Morgan fingerprint density at radius 1 is 1.29 bits per heavy atom. The average molecular weight is 233 g/mol. The molecule has 0 bridgehead atoms. The minimum absolute atomic E-state index is 0.0946. The molecule has 0 spiro atoms. The molecule has 5 heteroatoms. The fourth-order valence-corrected chi connectivity index (χ4v) is 1.81. The molecule has 0 aliphatic carbocycles. The summed E-state index contributed by atoms with van der Waals surface area (Å²) in [7, 11) is 0. The first-order valence-electron chi connectivity index (χ1n) is 5.11. The van der Waals surface area contributed by atoms with Crippen LogP contribution in [0.5, 0.6) is 0 Å². The van der Waals surface area contributed by atoms with Gasteiger partial charge in [0.25, 0.3) is 5.91 Å². The topological polar surface area (TPSA) is 86.6 Å². The number of rotatable bonds is 2. The Morgan fingerprint density at radius 2 is 1.94 bits per heavy atom. The molecule has 2 rings (SSSR count). The lowest BCUT2D eigenvalue weighted by atomic mass is 9.96. The average Bonchev–Trinajstić information content (AvgIpc) is 2.28. The largest absolute Gasteiger partial charge is 0.511 e. The molecule has 0 fully saturated rings. The van der Waals surface area contributed by atoms with E-state index in [1.54, 1.807) is 0 Å². The predicted octanol–water partition coefficient (Wildman–Crippen LogP) is 1.14. The molecule has 0 radical (unpaired) electrons. The lowest BCUT2D eigenvalue weighted by Crippen LogP contribution is -2.37. The molecule has 1 aromatic carbocycles. The van der Waals surface area contributed by atoms with Crippen molar-refractivity contribution in [2.24, 2.45) is 0 Å². The maximum absolute atomic E-state index is 11.5. The zero-order chi connectivity index (χ0) is 12.4. The highest BCUT2D eigenvalue weighted by Gasteiger charge is 2.31. The quantitative estimate of drug-likeness (QED) is 0.668. The van der Waals surface area contributed by atoms with Gasteiger partial charge in [-0.05, 0) is 5.56 Å². The van der Waals surface area contributed by atoms with E-state index in [2.05, 4.69) is 5.32 Å². The van der Waals surface area contributed by atoms with Crippen molar-refractivity contribution in [1.82, 2.24) is 5.32 Å². The van der Waals surface area contributed by atoms with E-state index in [0.717, 1.165) is 5.56 Å². The lowest BCUT2D eigenvalue weighted by molar-refractivity contribution is -0.135. The number of carbonyl (C=O) groups is 2. The highest BCUT2D eigenvalue weighted by atomic mass is 16.4. The predicted molar refractivity (Wildman–Crippen MR) is 59.2 cm³/mol. The summed E-state index contributed by atoms with van der Waals surface area (Å²) in [6.45, 7) is 0. The van der Waals surface area contributed by atoms with Gasteiger partial charge in [0.2, 0.25) is 0 Å². The fraction of sp³-hybridized carbons (Fsp3) is 0.167. The summed E-state index contributed by atoms with van der Waals surface area (Å²) in [5.41, 5.74) is 0.258. The van der Waals surface area contributed by atoms with Gasteiger partial charge in [-0.3, -0.25) is 4.79 Å². The number of nitrogens with one attached hydrogen (secondary N) is 1. The number of aliphatic hydroxyl groups excluding tert-OH is 1. The zero-order valence-corrected chi connectivity index (χ0v) is 8.88. The summed E-state index contributed by atoms with van der Waals surface area (Å²) in [6, 6.07) is 8.71. The first-order valence-corrected chi connectivity index (χ1v) is 5.11. The van der Waals surface area contributed by atoms with Crippen molar-refractivity contribution in [2.75, 3.05) is 0 Å². The highest BCUT2D eigenvalue weighted by molar-refractivity contribution is 6.16. The van der Waals surface area contributed by atoms with Gasteiger partial charge in [0, 0.05) is 6.42 Å². The molecule has 1 atom stereocenters. The third kappa shape index (κ3) is 2.13. The van der Waals surface area contributed by atoms with Gasteiger partial charge in [0.1, 0.15) is 5.76 Å². The third-order valence-electron chi connectivity index (χ3n) is 2.63. The molecular formula is C12H11NO4. The molecule has 1 aromatic rings. The maximum atomic E-state index is 11.5. The Labute approximate surface area is 97.4 Å². The van der Waals surface area contributed by atoms with Crippen molar-refractivity contribution in [3.8, 4) is 0 Å². The summed E-state index contributed by atoms with van der Waals surface area (Å²) in [4.78, 5) is 22.3. The van der Waals surface area contributed by atoms with E-state index in [1.165, 1.54) is 0 Å². The molecule has 1 heterocycles. The number of amides is 1. The van der Waals surface area contributed by atoms with E-state index in [-0.39, 0.29) is 18.2 Å². The highest BCUT2D eigenvalue weighted by Crippen LogP contribution is 2.26. The van der Waals surface area contributed by atoms with Crippen molar-refractivity contribution < 1.29 is 19.8 Å². The van der Waals surface area contributed by atoms with E-state index in [1.807, 2.05) is 30.3 Å². The van der Waals surface area contributed by atoms with Gasteiger partial charge in [0.15, 0.2) is 5.57 Å². The summed E-state index contributed by atoms with van der Waals surface area (Å²) in [5, 5.41) is 20.9. The normalized spacial score (nSPS) is 20.0. The smallest absolute Gasteiger partial charge is 0.344 e. The second-order valence-corrected chi connectivity index (χ2v) is 3.77. The van der Waals surface area contributed by atoms with Crippen molar-refractivity contribution in [2.45, 2.75) is 12.5 Å². The number of carbonyl (C=O) groups excluding carboxylic acids is 1. The fourth-order valence-electron chi connectivity index (χ4n) is 1.81. The van der Waals surface area contributed by atoms with Gasteiger partial charge in [-0.1, -0.05) is 30.3 Å². The summed E-state index contributed by atoms with van der Waals surface area (Å²) in [5.74, 6) is -2.54. The van der Waals surface area contributed by atoms with Gasteiger partial charge in [-0.25, -0.2) is 4.79 Å². The number of aliphatic carboxylic acids is 1. The number of benzene rings is 1. The molecule has 1 aliphatic rings. The molecule has 0 saturated heterocycles. The molecule has 3 N–H and O–H groups in total. The van der Waals surface area contributed by atoms with Crippen LogP contribution in [-0.4, -0.2) is 22.1 Å². The molecule has 0 saturated carbocycles. The molecule has 5 nitrogen and oxygen atoms in total. The minimum Gasteiger partial charge on any atom is -0.511 e. The number of carboxylic acids is 1. The van der Waals surface area contributed by atoms with Crippen LogP contribution < -0.4 is 5.32 Å². The van der Waals surface area contributed by atoms with E-state index >= 15 is 0 Å². The van der Waals surface area contributed by atoms with Crippen LogP contribution in [0, 0.1) is 0 Å². The van der Waals surface area contributed by atoms with Crippen molar-refractivity contribution >= 4 is 11.9 Å². The van der Waals surface area contributed by atoms with Crippen LogP contribution in [0.15, 0.2) is 41.7 Å². The molecule has 88 valence electrons. The standard InChI is InChI=1S/C12H11NO4/c14-9-6-8(7-4-2-1-3-5-7)13-11(15)10(9)12(16)17/h1-5,8,14H,6H2,(H,13,15)(H,16,17)/t8-/m1/s1. The maximum Gasteiger partial charge on any atom is 0.344 e. The Balaban J connectivity index is 2.30. The number of hydrogen-bond acceptors (Lipinski definition) is 3. The molecular weight excluding hydrogens is 222 g/mol. The van der Waals surface area contributed by atoms with E-state index in [0.29, 0.717) is 0 Å². The SMILES string of the molecule is O=C(O)C1=C(O)C[C@H](c2ccccc2)NC1=O. The van der Waals surface area contributed by atoms with Crippen molar-refractivity contribution in [3.05, 3.63) is 47.2 Å². The van der Waals surface area contributed by atoms with Crippen LogP contribution in [0.3, 0.4) is 0 Å². The minimum atomic E-state index is -1.41.